The number of ketones is 1. The summed E-state index contributed by atoms with van der Waals surface area (Å²) in [7, 11) is 1.75. The van der Waals surface area contributed by atoms with Crippen LogP contribution in [-0.2, 0) is 13.0 Å². The second-order valence-electron chi connectivity index (χ2n) is 7.44. The number of rotatable bonds is 3. The third-order valence-corrected chi connectivity index (χ3v) is 4.58. The molecule has 0 spiro atoms. The maximum absolute atomic E-state index is 12.8. The van der Waals surface area contributed by atoms with Crippen LogP contribution in [0.3, 0.4) is 0 Å². The van der Waals surface area contributed by atoms with E-state index in [0.717, 1.165) is 5.56 Å². The van der Waals surface area contributed by atoms with Crippen molar-refractivity contribution in [1.82, 2.24) is 4.90 Å². The number of hydrogen-bond donors (Lipinski definition) is 0. The molecule has 1 amide bonds. The fourth-order valence-electron chi connectivity index (χ4n) is 3.39. The highest BCUT2D eigenvalue weighted by molar-refractivity contribution is 6.03. The van der Waals surface area contributed by atoms with Crippen LogP contribution in [0.5, 0.6) is 0 Å². The van der Waals surface area contributed by atoms with Crippen LogP contribution in [0.4, 0.5) is 0 Å². The van der Waals surface area contributed by atoms with Gasteiger partial charge in [0, 0.05) is 32.0 Å². The van der Waals surface area contributed by atoms with Crippen molar-refractivity contribution >= 4 is 11.7 Å². The average molecular weight is 325 g/mol. The largest absolute Gasteiger partial charge is 0.455 e. The SMILES string of the molecule is Cc1c(C(=O)N(C)Cc2ccccc2)oc2c1C(=O)CC(C)(C)C2. The van der Waals surface area contributed by atoms with Crippen LogP contribution in [0.15, 0.2) is 34.7 Å². The molecule has 0 radical (unpaired) electrons. The van der Waals surface area contributed by atoms with Crippen LogP contribution in [-0.4, -0.2) is 23.6 Å². The van der Waals surface area contributed by atoms with E-state index in [1.54, 1.807) is 11.9 Å². The van der Waals surface area contributed by atoms with Gasteiger partial charge in [0.05, 0.1) is 5.56 Å². The zero-order valence-electron chi connectivity index (χ0n) is 14.7. The van der Waals surface area contributed by atoms with E-state index in [4.69, 9.17) is 4.42 Å². The number of benzene rings is 1. The van der Waals surface area contributed by atoms with E-state index in [1.807, 2.05) is 37.3 Å². The van der Waals surface area contributed by atoms with E-state index in [9.17, 15) is 9.59 Å². The van der Waals surface area contributed by atoms with E-state index in [2.05, 4.69) is 13.8 Å². The van der Waals surface area contributed by atoms with Crippen molar-refractivity contribution in [3.63, 3.8) is 0 Å². The lowest BCUT2D eigenvalue weighted by molar-refractivity contribution is 0.0746. The zero-order chi connectivity index (χ0) is 17.5. The number of hydrogen-bond acceptors (Lipinski definition) is 3. The van der Waals surface area contributed by atoms with Gasteiger partial charge in [-0.05, 0) is 17.9 Å². The predicted octanol–water partition coefficient (Wildman–Crippen LogP) is 4.02. The lowest BCUT2D eigenvalue weighted by Crippen LogP contribution is -2.27. The van der Waals surface area contributed by atoms with Gasteiger partial charge in [-0.2, -0.15) is 0 Å². The molecule has 1 aliphatic rings. The Hall–Kier alpha value is -2.36. The molecule has 4 heteroatoms. The van der Waals surface area contributed by atoms with Gasteiger partial charge in [-0.15, -0.1) is 0 Å². The van der Waals surface area contributed by atoms with Gasteiger partial charge in [0.25, 0.3) is 5.91 Å². The molecule has 126 valence electrons. The quantitative estimate of drug-likeness (QED) is 0.856. The molecule has 1 aromatic heterocycles. The Morgan fingerprint density at radius 3 is 2.54 bits per heavy atom. The van der Waals surface area contributed by atoms with Crippen LogP contribution in [0.25, 0.3) is 0 Å². The fraction of sp³-hybridized carbons (Fsp3) is 0.400. The van der Waals surface area contributed by atoms with Crippen molar-refractivity contribution < 1.29 is 14.0 Å². The van der Waals surface area contributed by atoms with Crippen LogP contribution >= 0.6 is 0 Å². The summed E-state index contributed by atoms with van der Waals surface area (Å²) in [6, 6.07) is 9.81. The minimum absolute atomic E-state index is 0.0762. The highest BCUT2D eigenvalue weighted by atomic mass is 16.4. The normalized spacial score (nSPS) is 15.9. The number of carbonyl (C=O) groups excluding carboxylic acids is 2. The van der Waals surface area contributed by atoms with E-state index in [0.29, 0.717) is 42.0 Å². The molecular weight excluding hydrogens is 302 g/mol. The maximum Gasteiger partial charge on any atom is 0.289 e. The molecule has 0 N–H and O–H groups in total. The number of amides is 1. The van der Waals surface area contributed by atoms with Crippen molar-refractivity contribution in [2.24, 2.45) is 5.41 Å². The molecule has 0 fully saturated rings. The molecule has 1 aliphatic carbocycles. The van der Waals surface area contributed by atoms with Crippen LogP contribution in [0.1, 0.15) is 58.1 Å². The number of fused-ring (bicyclic) bond motifs is 1. The standard InChI is InChI=1S/C20H23NO3/c1-13-17-15(22)10-20(2,3)11-16(17)24-18(13)19(23)21(4)12-14-8-6-5-7-9-14/h5-9H,10-12H2,1-4H3. The Balaban J connectivity index is 1.88. The number of Topliss-reactive ketones (excluding diaryl/α,β-unsaturated/α-hetero) is 1. The molecule has 0 saturated heterocycles. The monoisotopic (exact) mass is 325 g/mol. The van der Waals surface area contributed by atoms with Gasteiger partial charge in [-0.3, -0.25) is 9.59 Å². The minimum atomic E-state index is -0.184. The fourth-order valence-corrected chi connectivity index (χ4v) is 3.39. The summed E-state index contributed by atoms with van der Waals surface area (Å²) in [5.74, 6) is 0.846. The summed E-state index contributed by atoms with van der Waals surface area (Å²) in [5.41, 5.74) is 2.23. The molecule has 2 aromatic rings. The van der Waals surface area contributed by atoms with Gasteiger partial charge >= 0.3 is 0 Å². The Labute approximate surface area is 142 Å². The molecule has 0 bridgehead atoms. The number of nitrogens with zero attached hydrogens (tertiary/aromatic N) is 1. The first kappa shape index (κ1) is 16.5. The number of furan rings is 1. The summed E-state index contributed by atoms with van der Waals surface area (Å²) in [6.07, 6.45) is 1.18. The first-order valence-corrected chi connectivity index (χ1v) is 8.23. The topological polar surface area (TPSA) is 50.5 Å². The molecule has 0 unspecified atom stereocenters. The van der Waals surface area contributed by atoms with Crippen molar-refractivity contribution in [2.45, 2.75) is 40.2 Å². The molecule has 3 rings (SSSR count). The van der Waals surface area contributed by atoms with Gasteiger partial charge in [0.1, 0.15) is 5.76 Å². The molecule has 0 aliphatic heterocycles. The van der Waals surface area contributed by atoms with Gasteiger partial charge in [0.2, 0.25) is 0 Å². The van der Waals surface area contributed by atoms with Gasteiger partial charge in [-0.1, -0.05) is 44.2 Å². The van der Waals surface area contributed by atoms with Crippen molar-refractivity contribution in [1.29, 1.82) is 0 Å². The Bertz CT molecular complexity index is 787. The summed E-state index contributed by atoms with van der Waals surface area (Å²) in [6.45, 7) is 6.41. The number of carbonyl (C=O) groups is 2. The first-order chi connectivity index (χ1) is 11.3. The average Bonchev–Trinajstić information content (AvgIpc) is 2.82. The van der Waals surface area contributed by atoms with Crippen LogP contribution in [0, 0.1) is 12.3 Å². The predicted molar refractivity (Wildman–Crippen MR) is 92.1 cm³/mol. The Kier molecular flexibility index (Phi) is 4.08. The molecule has 24 heavy (non-hydrogen) atoms. The van der Waals surface area contributed by atoms with Crippen molar-refractivity contribution in [2.75, 3.05) is 7.05 Å². The van der Waals surface area contributed by atoms with Gasteiger partial charge in [0.15, 0.2) is 11.5 Å². The maximum atomic E-state index is 12.8. The summed E-state index contributed by atoms with van der Waals surface area (Å²) in [5, 5.41) is 0. The minimum Gasteiger partial charge on any atom is -0.455 e. The second kappa shape index (κ2) is 5.93. The lowest BCUT2D eigenvalue weighted by Gasteiger charge is -2.27. The second-order valence-corrected chi connectivity index (χ2v) is 7.44. The zero-order valence-corrected chi connectivity index (χ0v) is 14.7. The third-order valence-electron chi connectivity index (χ3n) is 4.58. The van der Waals surface area contributed by atoms with Crippen LogP contribution in [0.2, 0.25) is 0 Å². The molecule has 0 atom stereocenters. The summed E-state index contributed by atoms with van der Waals surface area (Å²) >= 11 is 0. The Morgan fingerprint density at radius 2 is 1.88 bits per heavy atom. The van der Waals surface area contributed by atoms with Crippen molar-refractivity contribution in [3.8, 4) is 0 Å². The first-order valence-electron chi connectivity index (χ1n) is 8.23. The van der Waals surface area contributed by atoms with Crippen molar-refractivity contribution in [3.05, 3.63) is 58.5 Å². The molecular formula is C20H23NO3. The smallest absolute Gasteiger partial charge is 0.289 e. The van der Waals surface area contributed by atoms with E-state index in [-0.39, 0.29) is 17.1 Å². The molecule has 1 heterocycles. The Morgan fingerprint density at radius 1 is 1.21 bits per heavy atom. The molecule has 1 aromatic carbocycles. The summed E-state index contributed by atoms with van der Waals surface area (Å²) in [4.78, 5) is 26.8. The van der Waals surface area contributed by atoms with E-state index in [1.165, 1.54) is 0 Å². The summed E-state index contributed by atoms with van der Waals surface area (Å²) < 4.78 is 5.85. The molecule has 0 saturated carbocycles. The van der Waals surface area contributed by atoms with E-state index < -0.39 is 0 Å². The highest BCUT2D eigenvalue weighted by Gasteiger charge is 2.37. The highest BCUT2D eigenvalue weighted by Crippen LogP contribution is 2.38. The van der Waals surface area contributed by atoms with Crippen LogP contribution < -0.4 is 0 Å². The third kappa shape index (κ3) is 3.01. The van der Waals surface area contributed by atoms with Gasteiger partial charge in [-0.25, -0.2) is 0 Å². The van der Waals surface area contributed by atoms with Gasteiger partial charge < -0.3 is 9.32 Å². The van der Waals surface area contributed by atoms with E-state index >= 15 is 0 Å². The lowest BCUT2D eigenvalue weighted by atomic mass is 9.76. The molecule has 4 nitrogen and oxygen atoms in total.